The Morgan fingerprint density at radius 3 is 2.63 bits per heavy atom. The predicted molar refractivity (Wildman–Crippen MR) is 98.3 cm³/mol. The van der Waals surface area contributed by atoms with Crippen molar-refractivity contribution >= 4 is 29.3 Å². The Morgan fingerprint density at radius 2 is 1.93 bits per heavy atom. The van der Waals surface area contributed by atoms with E-state index in [1.165, 1.54) is 11.0 Å². The van der Waals surface area contributed by atoms with Crippen molar-refractivity contribution < 1.29 is 18.0 Å². The van der Waals surface area contributed by atoms with Crippen LogP contribution in [0.2, 0.25) is 5.02 Å². The van der Waals surface area contributed by atoms with Crippen molar-refractivity contribution in [3.63, 3.8) is 0 Å². The van der Waals surface area contributed by atoms with Gasteiger partial charge in [-0.2, -0.15) is 0 Å². The Hall–Kier alpha value is -2.45. The lowest BCUT2D eigenvalue weighted by molar-refractivity contribution is -0.127. The molecule has 140 valence electrons. The maximum Gasteiger partial charge on any atom is 0.277 e. The van der Waals surface area contributed by atoms with Gasteiger partial charge in [-0.25, -0.2) is 8.78 Å². The highest BCUT2D eigenvalue weighted by Gasteiger charge is 2.15. The maximum atomic E-state index is 13.7. The number of nitrogens with zero attached hydrogens (tertiary/aromatic N) is 3. The van der Waals surface area contributed by atoms with Gasteiger partial charge in [0.1, 0.15) is 11.6 Å². The average Bonchev–Trinajstić information content (AvgIpc) is 3.11. The van der Waals surface area contributed by atoms with E-state index in [0.717, 1.165) is 23.9 Å². The van der Waals surface area contributed by atoms with Gasteiger partial charge in [0.25, 0.3) is 5.22 Å². The molecule has 0 fully saturated rings. The van der Waals surface area contributed by atoms with Crippen molar-refractivity contribution in [1.29, 1.82) is 0 Å². The van der Waals surface area contributed by atoms with E-state index in [4.69, 9.17) is 16.0 Å². The first kappa shape index (κ1) is 19.3. The molecule has 3 aromatic rings. The van der Waals surface area contributed by atoms with Gasteiger partial charge in [0.05, 0.1) is 5.75 Å². The largest absolute Gasteiger partial charge is 0.411 e. The molecule has 1 amide bonds. The van der Waals surface area contributed by atoms with Crippen molar-refractivity contribution in [3.8, 4) is 11.5 Å². The van der Waals surface area contributed by atoms with Crippen molar-refractivity contribution in [2.24, 2.45) is 0 Å². The van der Waals surface area contributed by atoms with Gasteiger partial charge in [0, 0.05) is 35.8 Å². The molecule has 9 heteroatoms. The molecule has 0 spiro atoms. The maximum absolute atomic E-state index is 13.7. The van der Waals surface area contributed by atoms with Gasteiger partial charge in [-0.15, -0.1) is 10.2 Å². The molecule has 5 nitrogen and oxygen atoms in total. The zero-order valence-corrected chi connectivity index (χ0v) is 15.7. The standard InChI is InChI=1S/C18H14ClF2N3O2S/c1-24(9-12-4-7-14(20)8-15(12)21)16(25)10-27-18-23-22-17(26-18)11-2-5-13(19)6-3-11/h2-8H,9-10H2,1H3. The van der Waals surface area contributed by atoms with Crippen LogP contribution < -0.4 is 0 Å². The van der Waals surface area contributed by atoms with Gasteiger partial charge in [0.15, 0.2) is 0 Å². The fourth-order valence-corrected chi connectivity index (χ4v) is 3.03. The molecule has 0 aliphatic rings. The lowest BCUT2D eigenvalue weighted by atomic mass is 10.2. The van der Waals surface area contributed by atoms with Crippen LogP contribution in [0.15, 0.2) is 52.1 Å². The number of rotatable bonds is 6. The van der Waals surface area contributed by atoms with E-state index in [9.17, 15) is 13.6 Å². The van der Waals surface area contributed by atoms with Gasteiger partial charge < -0.3 is 9.32 Å². The van der Waals surface area contributed by atoms with E-state index in [0.29, 0.717) is 16.5 Å². The first-order valence-corrected chi connectivity index (χ1v) is 9.19. The summed E-state index contributed by atoms with van der Waals surface area (Å²) in [5, 5.41) is 8.67. The minimum atomic E-state index is -0.688. The highest BCUT2D eigenvalue weighted by Crippen LogP contribution is 2.24. The van der Waals surface area contributed by atoms with E-state index in [-0.39, 0.29) is 29.0 Å². The molecule has 0 atom stereocenters. The lowest BCUT2D eigenvalue weighted by Crippen LogP contribution is -2.28. The first-order chi connectivity index (χ1) is 12.9. The van der Waals surface area contributed by atoms with Crippen LogP contribution in [-0.4, -0.2) is 33.8 Å². The molecular formula is C18H14ClF2N3O2S. The minimum Gasteiger partial charge on any atom is -0.411 e. The normalized spacial score (nSPS) is 10.8. The van der Waals surface area contributed by atoms with Gasteiger partial charge in [0.2, 0.25) is 11.8 Å². The van der Waals surface area contributed by atoms with Crippen molar-refractivity contribution in [2.75, 3.05) is 12.8 Å². The molecule has 0 aliphatic heterocycles. The fraction of sp³-hybridized carbons (Fsp3) is 0.167. The number of benzene rings is 2. The van der Waals surface area contributed by atoms with E-state index in [1.807, 2.05) is 0 Å². The Bertz CT molecular complexity index is 950. The molecule has 0 aliphatic carbocycles. The summed E-state index contributed by atoms with van der Waals surface area (Å²) in [4.78, 5) is 13.6. The molecular weight excluding hydrogens is 396 g/mol. The van der Waals surface area contributed by atoms with Gasteiger partial charge in [-0.1, -0.05) is 29.4 Å². The van der Waals surface area contributed by atoms with Gasteiger partial charge in [-0.05, 0) is 30.3 Å². The molecule has 0 unspecified atom stereocenters. The quantitative estimate of drug-likeness (QED) is 0.564. The van der Waals surface area contributed by atoms with Crippen molar-refractivity contribution in [3.05, 3.63) is 64.7 Å². The minimum absolute atomic E-state index is 0.0331. The van der Waals surface area contributed by atoms with Crippen LogP contribution in [-0.2, 0) is 11.3 Å². The SMILES string of the molecule is CN(Cc1ccc(F)cc1F)C(=O)CSc1nnc(-c2ccc(Cl)cc2)o1. The molecule has 0 saturated carbocycles. The molecule has 0 N–H and O–H groups in total. The molecule has 1 heterocycles. The number of hydrogen-bond acceptors (Lipinski definition) is 5. The summed E-state index contributed by atoms with van der Waals surface area (Å²) in [5.74, 6) is -1.24. The van der Waals surface area contributed by atoms with E-state index >= 15 is 0 Å². The summed E-state index contributed by atoms with van der Waals surface area (Å²) in [7, 11) is 1.54. The van der Waals surface area contributed by atoms with E-state index in [2.05, 4.69) is 10.2 Å². The Morgan fingerprint density at radius 1 is 1.19 bits per heavy atom. The highest BCUT2D eigenvalue weighted by atomic mass is 35.5. The number of halogens is 3. The summed E-state index contributed by atoms with van der Waals surface area (Å²) in [6.07, 6.45) is 0. The van der Waals surface area contributed by atoms with E-state index in [1.54, 1.807) is 31.3 Å². The third kappa shape index (κ3) is 5.05. The number of amides is 1. The number of hydrogen-bond donors (Lipinski definition) is 0. The second kappa shape index (κ2) is 8.49. The molecule has 0 bridgehead atoms. The van der Waals surface area contributed by atoms with Crippen LogP contribution in [0.3, 0.4) is 0 Å². The van der Waals surface area contributed by atoms with Crippen molar-refractivity contribution in [2.45, 2.75) is 11.8 Å². The summed E-state index contributed by atoms with van der Waals surface area (Å²) >= 11 is 6.92. The van der Waals surface area contributed by atoms with Crippen LogP contribution in [0, 0.1) is 11.6 Å². The Balaban J connectivity index is 1.56. The third-order valence-corrected chi connectivity index (χ3v) is 4.72. The number of carbonyl (C=O) groups is 1. The Kier molecular flexibility index (Phi) is 6.08. The van der Waals surface area contributed by atoms with Crippen LogP contribution in [0.4, 0.5) is 8.78 Å². The highest BCUT2D eigenvalue weighted by molar-refractivity contribution is 7.99. The third-order valence-electron chi connectivity index (χ3n) is 3.67. The monoisotopic (exact) mass is 409 g/mol. The van der Waals surface area contributed by atoms with Gasteiger partial charge >= 0.3 is 0 Å². The van der Waals surface area contributed by atoms with E-state index < -0.39 is 11.6 Å². The molecule has 3 rings (SSSR count). The summed E-state index contributed by atoms with van der Waals surface area (Å²) in [6, 6.07) is 10.2. The molecule has 0 saturated heterocycles. The lowest BCUT2D eigenvalue weighted by Gasteiger charge is -2.17. The van der Waals surface area contributed by atoms with Crippen LogP contribution in [0.1, 0.15) is 5.56 Å². The number of carbonyl (C=O) groups excluding carboxylic acids is 1. The molecule has 27 heavy (non-hydrogen) atoms. The van der Waals surface area contributed by atoms with Gasteiger partial charge in [-0.3, -0.25) is 4.79 Å². The number of thioether (sulfide) groups is 1. The zero-order valence-electron chi connectivity index (χ0n) is 14.2. The molecule has 1 aromatic heterocycles. The van der Waals surface area contributed by atoms with Crippen molar-refractivity contribution in [1.82, 2.24) is 15.1 Å². The predicted octanol–water partition coefficient (Wildman–Crippen LogP) is 4.42. The summed E-state index contributed by atoms with van der Waals surface area (Å²) in [6.45, 7) is 0.0331. The summed E-state index contributed by atoms with van der Waals surface area (Å²) in [5.41, 5.74) is 0.953. The fourth-order valence-electron chi connectivity index (χ4n) is 2.20. The first-order valence-electron chi connectivity index (χ1n) is 7.82. The van der Waals surface area contributed by atoms with Crippen LogP contribution >= 0.6 is 23.4 Å². The second-order valence-corrected chi connectivity index (χ2v) is 7.02. The van der Waals surface area contributed by atoms with Crippen LogP contribution in [0.25, 0.3) is 11.5 Å². The molecule has 2 aromatic carbocycles. The topological polar surface area (TPSA) is 59.2 Å². The summed E-state index contributed by atoms with van der Waals surface area (Å²) < 4.78 is 32.1. The van der Waals surface area contributed by atoms with Crippen LogP contribution in [0.5, 0.6) is 0 Å². The average molecular weight is 410 g/mol. The second-order valence-electron chi connectivity index (χ2n) is 5.65. The number of aromatic nitrogens is 2. The molecule has 0 radical (unpaired) electrons. The smallest absolute Gasteiger partial charge is 0.277 e. The Labute approximate surface area is 163 Å². The zero-order chi connectivity index (χ0) is 19.4.